The molecule has 0 spiro atoms. The fraction of sp³-hybridized carbons (Fsp3) is 0.800. The van der Waals surface area contributed by atoms with E-state index in [9.17, 15) is 0 Å². The van der Waals surface area contributed by atoms with Crippen molar-refractivity contribution in [1.29, 1.82) is 10.8 Å². The van der Waals surface area contributed by atoms with Gasteiger partial charge in [0.25, 0.3) is 0 Å². The van der Waals surface area contributed by atoms with Gasteiger partial charge in [-0.2, -0.15) is 0 Å². The lowest BCUT2D eigenvalue weighted by atomic mass is 9.84. The van der Waals surface area contributed by atoms with Crippen LogP contribution in [0.4, 0.5) is 0 Å². The molecule has 6 N–H and O–H groups in total. The van der Waals surface area contributed by atoms with Crippen LogP contribution >= 0.6 is 23.5 Å². The monoisotopic (exact) mass is 260 g/mol. The van der Waals surface area contributed by atoms with Gasteiger partial charge in [0.15, 0.2) is 10.3 Å². The Morgan fingerprint density at radius 1 is 0.875 bits per heavy atom. The van der Waals surface area contributed by atoms with Gasteiger partial charge in [0, 0.05) is 11.5 Å². The molecule has 0 aliphatic heterocycles. The van der Waals surface area contributed by atoms with Gasteiger partial charge in [-0.25, -0.2) is 0 Å². The Morgan fingerprint density at radius 3 is 1.44 bits per heavy atom. The summed E-state index contributed by atoms with van der Waals surface area (Å²) in [5, 5.41) is 14.8. The van der Waals surface area contributed by atoms with Crippen LogP contribution in [0.2, 0.25) is 0 Å². The van der Waals surface area contributed by atoms with Crippen LogP contribution in [0.1, 0.15) is 25.7 Å². The van der Waals surface area contributed by atoms with Crippen molar-refractivity contribution in [2.45, 2.75) is 25.7 Å². The summed E-state index contributed by atoms with van der Waals surface area (Å²) in [5.74, 6) is 3.41. The normalized spacial score (nSPS) is 25.2. The molecule has 0 aromatic rings. The van der Waals surface area contributed by atoms with Crippen LogP contribution in [-0.2, 0) is 0 Å². The number of thioether (sulfide) groups is 2. The molecule has 0 bridgehead atoms. The zero-order chi connectivity index (χ0) is 12.0. The molecule has 6 heteroatoms. The fourth-order valence-corrected chi connectivity index (χ4v) is 3.48. The lowest BCUT2D eigenvalue weighted by Gasteiger charge is -2.27. The van der Waals surface area contributed by atoms with Crippen LogP contribution in [0, 0.1) is 22.7 Å². The van der Waals surface area contributed by atoms with E-state index in [1.807, 2.05) is 0 Å². The summed E-state index contributed by atoms with van der Waals surface area (Å²) in [7, 11) is 0. The van der Waals surface area contributed by atoms with Crippen LogP contribution < -0.4 is 11.5 Å². The van der Waals surface area contributed by atoms with E-state index in [1.54, 1.807) is 0 Å². The summed E-state index contributed by atoms with van der Waals surface area (Å²) in [6, 6.07) is 0. The highest BCUT2D eigenvalue weighted by Gasteiger charge is 2.21. The SMILES string of the molecule is N=C(N)SCC1CCC(CSC(=N)N)CC1. The van der Waals surface area contributed by atoms with Gasteiger partial charge in [0.1, 0.15) is 0 Å². The second kappa shape index (κ2) is 7.06. The molecule has 0 atom stereocenters. The summed E-state index contributed by atoms with van der Waals surface area (Å²) >= 11 is 2.92. The number of nitrogens with one attached hydrogen (secondary N) is 2. The number of nitrogens with two attached hydrogens (primary N) is 2. The standard InChI is InChI=1S/C10H20N4S2/c11-9(12)15-5-7-1-2-8(4-3-7)6-16-10(13)14/h7-8H,1-6H2,(H3,11,12)(H3,13,14). The lowest BCUT2D eigenvalue weighted by molar-refractivity contribution is 0.316. The Kier molecular flexibility index (Phi) is 6.05. The molecule has 1 aliphatic rings. The molecule has 16 heavy (non-hydrogen) atoms. The second-order valence-corrected chi connectivity index (χ2v) is 6.36. The molecule has 4 nitrogen and oxygen atoms in total. The van der Waals surface area contributed by atoms with Crippen LogP contribution in [-0.4, -0.2) is 21.8 Å². The largest absolute Gasteiger partial charge is 0.379 e. The van der Waals surface area contributed by atoms with Crippen LogP contribution in [0.15, 0.2) is 0 Å². The molecule has 0 radical (unpaired) electrons. The molecule has 1 saturated carbocycles. The third kappa shape index (κ3) is 5.65. The third-order valence-corrected chi connectivity index (χ3v) is 4.81. The number of hydrogen-bond donors (Lipinski definition) is 4. The summed E-state index contributed by atoms with van der Waals surface area (Å²) in [4.78, 5) is 0. The van der Waals surface area contributed by atoms with E-state index in [0.717, 1.165) is 11.5 Å². The molecule has 92 valence electrons. The zero-order valence-corrected chi connectivity index (χ0v) is 11.0. The van der Waals surface area contributed by atoms with E-state index < -0.39 is 0 Å². The van der Waals surface area contributed by atoms with Crippen LogP contribution in [0.5, 0.6) is 0 Å². The van der Waals surface area contributed by atoms with Crippen LogP contribution in [0.25, 0.3) is 0 Å². The maximum Gasteiger partial charge on any atom is 0.151 e. The average Bonchev–Trinajstić information content (AvgIpc) is 2.25. The first-order chi connectivity index (χ1) is 7.58. The van der Waals surface area contributed by atoms with Crippen molar-refractivity contribution in [1.82, 2.24) is 0 Å². The highest BCUT2D eigenvalue weighted by atomic mass is 32.2. The first-order valence-electron chi connectivity index (χ1n) is 5.51. The maximum absolute atomic E-state index is 7.17. The van der Waals surface area contributed by atoms with Gasteiger partial charge >= 0.3 is 0 Å². The zero-order valence-electron chi connectivity index (χ0n) is 9.37. The predicted molar refractivity (Wildman–Crippen MR) is 74.2 cm³/mol. The fourth-order valence-electron chi connectivity index (χ4n) is 1.98. The van der Waals surface area contributed by atoms with Gasteiger partial charge in [-0.15, -0.1) is 0 Å². The van der Waals surface area contributed by atoms with E-state index in [-0.39, 0.29) is 10.3 Å². The number of hydrogen-bond acceptors (Lipinski definition) is 4. The highest BCUT2D eigenvalue weighted by molar-refractivity contribution is 8.13. The Balaban J connectivity index is 2.13. The third-order valence-electron chi connectivity index (χ3n) is 2.92. The molecule has 1 aliphatic carbocycles. The second-order valence-electron chi connectivity index (χ2n) is 4.24. The Labute approximate surface area is 105 Å². The van der Waals surface area contributed by atoms with Crippen molar-refractivity contribution in [3.63, 3.8) is 0 Å². The molecular formula is C10H20N4S2. The van der Waals surface area contributed by atoms with Crippen molar-refractivity contribution in [2.75, 3.05) is 11.5 Å². The van der Waals surface area contributed by atoms with Crippen molar-refractivity contribution in [3.8, 4) is 0 Å². The summed E-state index contributed by atoms with van der Waals surface area (Å²) in [5.41, 5.74) is 10.6. The molecule has 0 aromatic carbocycles. The van der Waals surface area contributed by atoms with Crippen molar-refractivity contribution in [3.05, 3.63) is 0 Å². The molecule has 0 amide bonds. The van der Waals surface area contributed by atoms with E-state index in [4.69, 9.17) is 22.3 Å². The summed E-state index contributed by atoms with van der Waals surface area (Å²) in [6.07, 6.45) is 4.90. The van der Waals surface area contributed by atoms with Gasteiger partial charge in [0.2, 0.25) is 0 Å². The topological polar surface area (TPSA) is 99.7 Å². The van der Waals surface area contributed by atoms with Crippen molar-refractivity contribution >= 4 is 33.9 Å². The molecule has 0 unspecified atom stereocenters. The minimum Gasteiger partial charge on any atom is -0.379 e. The molecule has 1 rings (SSSR count). The molecule has 1 fully saturated rings. The van der Waals surface area contributed by atoms with Gasteiger partial charge in [0.05, 0.1) is 0 Å². The van der Waals surface area contributed by atoms with E-state index in [0.29, 0.717) is 11.8 Å². The van der Waals surface area contributed by atoms with Gasteiger partial charge in [-0.05, 0) is 37.5 Å². The number of rotatable bonds is 4. The molecule has 0 saturated heterocycles. The summed E-state index contributed by atoms with van der Waals surface area (Å²) in [6.45, 7) is 0. The van der Waals surface area contributed by atoms with Crippen molar-refractivity contribution < 1.29 is 0 Å². The Hall–Kier alpha value is -0.360. The van der Waals surface area contributed by atoms with E-state index in [2.05, 4.69) is 0 Å². The van der Waals surface area contributed by atoms with Gasteiger partial charge < -0.3 is 11.5 Å². The van der Waals surface area contributed by atoms with Crippen LogP contribution in [0.3, 0.4) is 0 Å². The lowest BCUT2D eigenvalue weighted by Crippen LogP contribution is -2.20. The minimum atomic E-state index is 0.231. The first kappa shape index (κ1) is 13.7. The minimum absolute atomic E-state index is 0.231. The van der Waals surface area contributed by atoms with Gasteiger partial charge in [-0.3, -0.25) is 10.8 Å². The van der Waals surface area contributed by atoms with E-state index >= 15 is 0 Å². The maximum atomic E-state index is 7.17. The predicted octanol–water partition coefficient (Wildman–Crippen LogP) is 2.05. The quantitative estimate of drug-likeness (QED) is 0.459. The Morgan fingerprint density at radius 2 is 1.19 bits per heavy atom. The molecule has 0 aromatic heterocycles. The molecule has 0 heterocycles. The number of amidine groups is 2. The summed E-state index contributed by atoms with van der Waals surface area (Å²) < 4.78 is 0. The molecular weight excluding hydrogens is 240 g/mol. The highest BCUT2D eigenvalue weighted by Crippen LogP contribution is 2.32. The average molecular weight is 260 g/mol. The first-order valence-corrected chi connectivity index (χ1v) is 7.48. The van der Waals surface area contributed by atoms with E-state index in [1.165, 1.54) is 49.2 Å². The van der Waals surface area contributed by atoms with Crippen molar-refractivity contribution in [2.24, 2.45) is 23.3 Å². The smallest absolute Gasteiger partial charge is 0.151 e. The Bertz CT molecular complexity index is 223. The van der Waals surface area contributed by atoms with Gasteiger partial charge in [-0.1, -0.05) is 23.5 Å².